The Morgan fingerprint density at radius 3 is 2.73 bits per heavy atom. The van der Waals surface area contributed by atoms with Crippen LogP contribution in [0.5, 0.6) is 0 Å². The Kier molecular flexibility index (Phi) is 3.39. The average Bonchev–Trinajstić information content (AvgIpc) is 2.30. The highest BCUT2D eigenvalue weighted by Gasteiger charge is 2.23. The Morgan fingerprint density at radius 1 is 1.33 bits per heavy atom. The molecule has 1 aromatic carbocycles. The highest BCUT2D eigenvalue weighted by molar-refractivity contribution is 5.18. The molecular weight excluding hydrogens is 184 g/mol. The van der Waals surface area contributed by atoms with Crippen molar-refractivity contribution < 1.29 is 0 Å². The molecule has 1 heterocycles. The zero-order valence-corrected chi connectivity index (χ0v) is 9.61. The second-order valence-corrected chi connectivity index (χ2v) is 4.38. The first kappa shape index (κ1) is 10.7. The lowest BCUT2D eigenvalue weighted by Gasteiger charge is -2.38. The molecule has 0 spiro atoms. The van der Waals surface area contributed by atoms with Crippen molar-refractivity contribution in [2.45, 2.75) is 25.9 Å². The fourth-order valence-corrected chi connectivity index (χ4v) is 2.36. The third kappa shape index (κ3) is 2.39. The molecule has 0 bridgehead atoms. The molecule has 0 aliphatic carbocycles. The van der Waals surface area contributed by atoms with Gasteiger partial charge in [0.15, 0.2) is 0 Å². The van der Waals surface area contributed by atoms with Crippen molar-refractivity contribution in [3.05, 3.63) is 35.9 Å². The molecule has 1 aliphatic rings. The van der Waals surface area contributed by atoms with Crippen LogP contribution in [0.1, 0.15) is 25.5 Å². The summed E-state index contributed by atoms with van der Waals surface area (Å²) < 4.78 is 0. The molecule has 1 saturated heterocycles. The summed E-state index contributed by atoms with van der Waals surface area (Å²) in [4.78, 5) is 2.58. The van der Waals surface area contributed by atoms with Gasteiger partial charge in [0, 0.05) is 31.7 Å². The van der Waals surface area contributed by atoms with Crippen LogP contribution < -0.4 is 5.32 Å². The van der Waals surface area contributed by atoms with Crippen molar-refractivity contribution >= 4 is 0 Å². The van der Waals surface area contributed by atoms with E-state index >= 15 is 0 Å². The molecule has 0 saturated carbocycles. The van der Waals surface area contributed by atoms with Crippen LogP contribution in [0.3, 0.4) is 0 Å². The largest absolute Gasteiger partial charge is 0.314 e. The molecule has 0 amide bonds. The van der Waals surface area contributed by atoms with Gasteiger partial charge in [-0.3, -0.25) is 4.90 Å². The molecule has 2 rings (SSSR count). The minimum atomic E-state index is 0.531. The van der Waals surface area contributed by atoms with E-state index in [2.05, 4.69) is 54.4 Å². The Labute approximate surface area is 92.3 Å². The number of benzene rings is 1. The van der Waals surface area contributed by atoms with Gasteiger partial charge in [0.2, 0.25) is 0 Å². The second kappa shape index (κ2) is 4.77. The first-order valence-electron chi connectivity index (χ1n) is 5.80. The molecular formula is C13H20N2. The SMILES string of the molecule is C[C@@H]1CNCCN1[C@H](C)c1ccccc1. The summed E-state index contributed by atoms with van der Waals surface area (Å²) >= 11 is 0. The molecule has 0 radical (unpaired) electrons. The maximum absolute atomic E-state index is 3.43. The average molecular weight is 204 g/mol. The highest BCUT2D eigenvalue weighted by atomic mass is 15.2. The van der Waals surface area contributed by atoms with E-state index < -0.39 is 0 Å². The third-order valence-electron chi connectivity index (χ3n) is 3.33. The predicted octanol–water partition coefficient (Wildman–Crippen LogP) is 2.04. The highest BCUT2D eigenvalue weighted by Crippen LogP contribution is 2.22. The van der Waals surface area contributed by atoms with Crippen LogP contribution in [0.2, 0.25) is 0 Å². The Hall–Kier alpha value is -0.860. The summed E-state index contributed by atoms with van der Waals surface area (Å²) in [5.41, 5.74) is 1.42. The van der Waals surface area contributed by atoms with E-state index in [4.69, 9.17) is 0 Å². The van der Waals surface area contributed by atoms with Crippen LogP contribution in [-0.4, -0.2) is 30.6 Å². The molecule has 15 heavy (non-hydrogen) atoms. The molecule has 0 aromatic heterocycles. The monoisotopic (exact) mass is 204 g/mol. The molecule has 2 atom stereocenters. The van der Waals surface area contributed by atoms with E-state index in [1.807, 2.05) is 0 Å². The maximum atomic E-state index is 3.43. The molecule has 2 heteroatoms. The summed E-state index contributed by atoms with van der Waals surface area (Å²) in [6.45, 7) is 7.97. The molecule has 1 N–H and O–H groups in total. The van der Waals surface area contributed by atoms with Gasteiger partial charge in [0.1, 0.15) is 0 Å². The van der Waals surface area contributed by atoms with Crippen LogP contribution in [-0.2, 0) is 0 Å². The van der Waals surface area contributed by atoms with E-state index in [0.29, 0.717) is 12.1 Å². The van der Waals surface area contributed by atoms with E-state index in [1.165, 1.54) is 5.56 Å². The van der Waals surface area contributed by atoms with Crippen molar-refractivity contribution in [2.75, 3.05) is 19.6 Å². The number of hydrogen-bond acceptors (Lipinski definition) is 2. The van der Waals surface area contributed by atoms with Gasteiger partial charge in [-0.05, 0) is 19.4 Å². The standard InChI is InChI=1S/C13H20N2/c1-11-10-14-8-9-15(11)12(2)13-6-4-3-5-7-13/h3-7,11-12,14H,8-10H2,1-2H3/t11-,12-/m1/s1. The Bertz CT molecular complexity index is 297. The van der Waals surface area contributed by atoms with Gasteiger partial charge in [0.25, 0.3) is 0 Å². The van der Waals surface area contributed by atoms with Gasteiger partial charge in [-0.25, -0.2) is 0 Å². The van der Waals surface area contributed by atoms with Crippen molar-refractivity contribution in [1.29, 1.82) is 0 Å². The van der Waals surface area contributed by atoms with E-state index in [0.717, 1.165) is 19.6 Å². The summed E-state index contributed by atoms with van der Waals surface area (Å²) in [5.74, 6) is 0. The third-order valence-corrected chi connectivity index (χ3v) is 3.33. The van der Waals surface area contributed by atoms with Gasteiger partial charge >= 0.3 is 0 Å². The summed E-state index contributed by atoms with van der Waals surface area (Å²) in [6, 6.07) is 11.9. The van der Waals surface area contributed by atoms with Crippen molar-refractivity contribution in [1.82, 2.24) is 10.2 Å². The van der Waals surface area contributed by atoms with Crippen molar-refractivity contribution in [3.63, 3.8) is 0 Å². The van der Waals surface area contributed by atoms with Crippen LogP contribution in [0.15, 0.2) is 30.3 Å². The number of piperazine rings is 1. The van der Waals surface area contributed by atoms with E-state index in [1.54, 1.807) is 0 Å². The lowest BCUT2D eigenvalue weighted by Crippen LogP contribution is -2.50. The normalized spacial score (nSPS) is 25.1. The number of hydrogen-bond donors (Lipinski definition) is 1. The van der Waals surface area contributed by atoms with Crippen LogP contribution >= 0.6 is 0 Å². The minimum Gasteiger partial charge on any atom is -0.314 e. The topological polar surface area (TPSA) is 15.3 Å². The molecule has 2 nitrogen and oxygen atoms in total. The first-order valence-corrected chi connectivity index (χ1v) is 5.80. The number of nitrogens with one attached hydrogen (secondary N) is 1. The van der Waals surface area contributed by atoms with Gasteiger partial charge in [0.05, 0.1) is 0 Å². The Balaban J connectivity index is 2.09. The predicted molar refractivity (Wildman–Crippen MR) is 63.9 cm³/mol. The first-order chi connectivity index (χ1) is 7.29. The summed E-state index contributed by atoms with van der Waals surface area (Å²) in [6.07, 6.45) is 0. The van der Waals surface area contributed by atoms with Crippen molar-refractivity contribution in [2.24, 2.45) is 0 Å². The van der Waals surface area contributed by atoms with Gasteiger partial charge in [-0.2, -0.15) is 0 Å². The fraction of sp³-hybridized carbons (Fsp3) is 0.538. The molecule has 1 aliphatic heterocycles. The molecule has 1 fully saturated rings. The molecule has 1 aromatic rings. The number of rotatable bonds is 2. The lowest BCUT2D eigenvalue weighted by molar-refractivity contribution is 0.126. The fourth-order valence-electron chi connectivity index (χ4n) is 2.36. The summed E-state index contributed by atoms with van der Waals surface area (Å²) in [5, 5.41) is 3.43. The summed E-state index contributed by atoms with van der Waals surface area (Å²) in [7, 11) is 0. The quantitative estimate of drug-likeness (QED) is 0.793. The lowest BCUT2D eigenvalue weighted by atomic mass is 10.0. The zero-order chi connectivity index (χ0) is 10.7. The molecule has 0 unspecified atom stereocenters. The smallest absolute Gasteiger partial charge is 0.0323 e. The van der Waals surface area contributed by atoms with Crippen LogP contribution in [0.4, 0.5) is 0 Å². The minimum absolute atomic E-state index is 0.531. The second-order valence-electron chi connectivity index (χ2n) is 4.38. The van der Waals surface area contributed by atoms with Crippen LogP contribution in [0.25, 0.3) is 0 Å². The number of nitrogens with zero attached hydrogens (tertiary/aromatic N) is 1. The molecule has 82 valence electrons. The van der Waals surface area contributed by atoms with E-state index in [-0.39, 0.29) is 0 Å². The van der Waals surface area contributed by atoms with Gasteiger partial charge in [-0.1, -0.05) is 30.3 Å². The van der Waals surface area contributed by atoms with Gasteiger partial charge in [-0.15, -0.1) is 0 Å². The van der Waals surface area contributed by atoms with Gasteiger partial charge < -0.3 is 5.32 Å². The van der Waals surface area contributed by atoms with E-state index in [9.17, 15) is 0 Å². The Morgan fingerprint density at radius 2 is 2.07 bits per heavy atom. The van der Waals surface area contributed by atoms with Crippen LogP contribution in [0, 0.1) is 0 Å². The zero-order valence-electron chi connectivity index (χ0n) is 9.61. The maximum Gasteiger partial charge on any atom is 0.0323 e. The van der Waals surface area contributed by atoms with Crippen molar-refractivity contribution in [3.8, 4) is 0 Å².